The van der Waals surface area contributed by atoms with E-state index in [9.17, 15) is 0 Å². The van der Waals surface area contributed by atoms with Gasteiger partial charge in [0.2, 0.25) is 0 Å². The van der Waals surface area contributed by atoms with Gasteiger partial charge < -0.3 is 8.98 Å². The highest BCUT2D eigenvalue weighted by molar-refractivity contribution is 6.28. The zero-order chi connectivity index (χ0) is 38.2. The van der Waals surface area contributed by atoms with Gasteiger partial charge in [-0.15, -0.1) is 0 Å². The summed E-state index contributed by atoms with van der Waals surface area (Å²) in [6.45, 7) is 0. The minimum absolute atomic E-state index is 0.859. The van der Waals surface area contributed by atoms with Crippen LogP contribution in [0.15, 0.2) is 211 Å². The van der Waals surface area contributed by atoms with E-state index in [1.165, 1.54) is 43.9 Å². The predicted molar refractivity (Wildman–Crippen MR) is 243 cm³/mol. The Hall–Kier alpha value is -7.75. The summed E-state index contributed by atoms with van der Waals surface area (Å²) in [5, 5.41) is 8.12. The molecule has 0 aliphatic heterocycles. The van der Waals surface area contributed by atoms with Crippen molar-refractivity contribution in [3.63, 3.8) is 0 Å². The molecule has 0 N–H and O–H groups in total. The van der Waals surface area contributed by atoms with Crippen LogP contribution in [0.4, 0.5) is 0 Å². The first-order valence-electron chi connectivity index (χ1n) is 19.8. The van der Waals surface area contributed by atoms with E-state index in [0.717, 1.165) is 71.9 Å². The average molecular weight is 739 g/mol. The van der Waals surface area contributed by atoms with Crippen molar-refractivity contribution in [2.45, 2.75) is 0 Å². The molecular formula is C55H34N2O. The van der Waals surface area contributed by atoms with Crippen LogP contribution in [0.2, 0.25) is 0 Å². The fourth-order valence-electron chi connectivity index (χ4n) is 9.23. The molecule has 0 amide bonds. The molecule has 58 heavy (non-hydrogen) atoms. The van der Waals surface area contributed by atoms with Crippen molar-refractivity contribution in [2.75, 3.05) is 0 Å². The van der Waals surface area contributed by atoms with E-state index in [4.69, 9.17) is 9.40 Å². The topological polar surface area (TPSA) is 31.0 Å². The molecule has 0 spiro atoms. The second kappa shape index (κ2) is 12.9. The lowest BCUT2D eigenvalue weighted by molar-refractivity contribution is 0.669. The Kier molecular flexibility index (Phi) is 7.23. The maximum absolute atomic E-state index is 6.63. The highest BCUT2D eigenvalue weighted by Crippen LogP contribution is 2.47. The molecule has 0 unspecified atom stereocenters. The summed E-state index contributed by atoms with van der Waals surface area (Å²) in [5.41, 5.74) is 15.3. The Labute approximate surface area is 334 Å². The van der Waals surface area contributed by atoms with Crippen molar-refractivity contribution in [3.8, 4) is 50.3 Å². The van der Waals surface area contributed by atoms with Gasteiger partial charge in [-0.05, 0) is 76.3 Å². The first-order chi connectivity index (χ1) is 28.8. The normalized spacial score (nSPS) is 11.8. The third-order valence-electron chi connectivity index (χ3n) is 11.8. The second-order valence-electron chi connectivity index (χ2n) is 15.0. The number of para-hydroxylation sites is 4. The summed E-state index contributed by atoms with van der Waals surface area (Å²) < 4.78 is 9.01. The van der Waals surface area contributed by atoms with Gasteiger partial charge in [0.25, 0.3) is 0 Å². The highest BCUT2D eigenvalue weighted by Gasteiger charge is 2.22. The van der Waals surface area contributed by atoms with E-state index in [-0.39, 0.29) is 0 Å². The lowest BCUT2D eigenvalue weighted by atomic mass is 9.89. The number of fused-ring (bicyclic) bond motifs is 9. The molecule has 0 fully saturated rings. The maximum atomic E-state index is 6.63. The van der Waals surface area contributed by atoms with Gasteiger partial charge in [-0.2, -0.15) is 0 Å². The predicted octanol–water partition coefficient (Wildman–Crippen LogP) is 15.1. The summed E-state index contributed by atoms with van der Waals surface area (Å²) in [6, 6.07) is 73.8. The van der Waals surface area contributed by atoms with E-state index in [1.54, 1.807) is 0 Å². The molecule has 0 bridgehead atoms. The largest absolute Gasteiger partial charge is 0.456 e. The van der Waals surface area contributed by atoms with E-state index in [0.29, 0.717) is 0 Å². The summed E-state index contributed by atoms with van der Waals surface area (Å²) in [4.78, 5) is 5.27. The van der Waals surface area contributed by atoms with Crippen LogP contribution in [-0.4, -0.2) is 9.55 Å². The van der Waals surface area contributed by atoms with Crippen molar-refractivity contribution in [1.29, 1.82) is 0 Å². The number of hydrogen-bond donors (Lipinski definition) is 0. The first kappa shape index (κ1) is 32.5. The monoisotopic (exact) mass is 738 g/mol. The van der Waals surface area contributed by atoms with Gasteiger partial charge in [-0.3, -0.25) is 0 Å². The van der Waals surface area contributed by atoms with Crippen molar-refractivity contribution in [3.05, 3.63) is 206 Å². The molecule has 3 aromatic heterocycles. The van der Waals surface area contributed by atoms with Gasteiger partial charge in [-0.1, -0.05) is 158 Å². The Bertz CT molecular complexity index is 3540. The van der Waals surface area contributed by atoms with Crippen molar-refractivity contribution < 1.29 is 4.42 Å². The lowest BCUT2D eigenvalue weighted by Crippen LogP contribution is -1.93. The Morgan fingerprint density at radius 2 is 1.00 bits per heavy atom. The van der Waals surface area contributed by atoms with E-state index in [2.05, 4.69) is 205 Å². The molecule has 3 heteroatoms. The number of hydrogen-bond acceptors (Lipinski definition) is 2. The zero-order valence-electron chi connectivity index (χ0n) is 31.4. The summed E-state index contributed by atoms with van der Waals surface area (Å²) in [5.74, 6) is 0. The van der Waals surface area contributed by atoms with Crippen LogP contribution in [0.1, 0.15) is 0 Å². The van der Waals surface area contributed by atoms with Crippen LogP contribution >= 0.6 is 0 Å². The summed E-state index contributed by atoms with van der Waals surface area (Å²) in [7, 11) is 0. The van der Waals surface area contributed by atoms with Crippen molar-refractivity contribution in [1.82, 2.24) is 9.55 Å². The van der Waals surface area contributed by atoms with Crippen molar-refractivity contribution in [2.24, 2.45) is 0 Å². The van der Waals surface area contributed by atoms with Gasteiger partial charge in [0.05, 0.1) is 22.2 Å². The second-order valence-corrected chi connectivity index (χ2v) is 15.0. The number of rotatable bonds is 5. The zero-order valence-corrected chi connectivity index (χ0v) is 31.4. The van der Waals surface area contributed by atoms with Gasteiger partial charge >= 0.3 is 0 Å². The Balaban J connectivity index is 1.05. The number of benzene rings is 9. The third kappa shape index (κ3) is 4.97. The lowest BCUT2D eigenvalue weighted by Gasteiger charge is -2.16. The van der Waals surface area contributed by atoms with Crippen LogP contribution in [0.3, 0.4) is 0 Å². The number of furan rings is 1. The minimum atomic E-state index is 0.859. The Morgan fingerprint density at radius 1 is 0.362 bits per heavy atom. The molecule has 0 saturated carbocycles. The van der Waals surface area contributed by atoms with E-state index in [1.807, 2.05) is 6.07 Å². The fraction of sp³-hybridized carbons (Fsp3) is 0. The summed E-state index contributed by atoms with van der Waals surface area (Å²) >= 11 is 0. The molecule has 0 saturated heterocycles. The van der Waals surface area contributed by atoms with Gasteiger partial charge in [0.15, 0.2) is 0 Å². The van der Waals surface area contributed by atoms with Gasteiger partial charge in [-0.25, -0.2) is 4.98 Å². The molecule has 0 aliphatic rings. The van der Waals surface area contributed by atoms with Crippen LogP contribution in [0, 0.1) is 0 Å². The van der Waals surface area contributed by atoms with Crippen LogP contribution in [-0.2, 0) is 0 Å². The number of pyridine rings is 1. The molecule has 12 aromatic rings. The molecule has 12 rings (SSSR count). The molecule has 3 nitrogen and oxygen atoms in total. The fourth-order valence-corrected chi connectivity index (χ4v) is 9.23. The third-order valence-corrected chi connectivity index (χ3v) is 11.8. The van der Waals surface area contributed by atoms with Crippen LogP contribution in [0.25, 0.3) is 116 Å². The van der Waals surface area contributed by atoms with Crippen LogP contribution in [0.5, 0.6) is 0 Å². The molecule has 3 heterocycles. The standard InChI is InChI=1S/C55H34N2O/c1-3-15-37(16-4-1)55-45-34-50-54(44-23-9-12-28-49(44)58-50)51(53(45)42-21-7-10-25-46(42)56-55)36-31-29-35(30-32-36)38-17-13-18-39(33-38)41-24-14-27-48-52(41)43-22-8-11-26-47(43)57(48)40-19-5-2-6-20-40/h1-34H. The number of aromatic nitrogens is 2. The van der Waals surface area contributed by atoms with Gasteiger partial charge in [0, 0.05) is 54.5 Å². The SMILES string of the molecule is c1ccc(-c2nc3ccccc3c3c(-c4ccc(-c5cccc(-c6cccc7c6c6ccccc6n7-c6ccccc6)c5)cc4)c4c(cc23)oc2ccccc24)cc1. The molecular weight excluding hydrogens is 705 g/mol. The molecule has 0 radical (unpaired) electrons. The minimum Gasteiger partial charge on any atom is -0.456 e. The van der Waals surface area contributed by atoms with Crippen LogP contribution < -0.4 is 0 Å². The van der Waals surface area contributed by atoms with Crippen molar-refractivity contribution >= 4 is 65.4 Å². The molecule has 270 valence electrons. The smallest absolute Gasteiger partial charge is 0.136 e. The maximum Gasteiger partial charge on any atom is 0.136 e. The summed E-state index contributed by atoms with van der Waals surface area (Å²) in [6.07, 6.45) is 0. The average Bonchev–Trinajstić information content (AvgIpc) is 3.84. The van der Waals surface area contributed by atoms with E-state index >= 15 is 0 Å². The van der Waals surface area contributed by atoms with Gasteiger partial charge in [0.1, 0.15) is 11.2 Å². The molecule has 0 aliphatic carbocycles. The first-order valence-corrected chi connectivity index (χ1v) is 19.8. The quantitative estimate of drug-likeness (QED) is 0.165. The molecule has 9 aromatic carbocycles. The number of nitrogens with zero attached hydrogens (tertiary/aromatic N) is 2. The molecule has 0 atom stereocenters. The van der Waals surface area contributed by atoms with E-state index < -0.39 is 0 Å². The highest BCUT2D eigenvalue weighted by atomic mass is 16.3. The Morgan fingerprint density at radius 3 is 1.84 bits per heavy atom.